The molecule has 1 saturated heterocycles. The Morgan fingerprint density at radius 3 is 2.88 bits per heavy atom. The van der Waals surface area contributed by atoms with Crippen LogP contribution < -0.4 is 20.2 Å². The van der Waals surface area contributed by atoms with E-state index in [1.165, 1.54) is 0 Å². The second-order valence-corrected chi connectivity index (χ2v) is 6.00. The normalized spacial score (nSPS) is 17.6. The zero-order valence-corrected chi connectivity index (χ0v) is 14.5. The number of ether oxygens (including phenoxy) is 3. The van der Waals surface area contributed by atoms with E-state index < -0.39 is 0 Å². The monoisotopic (exact) mass is 350 g/mol. The van der Waals surface area contributed by atoms with Gasteiger partial charge in [-0.1, -0.05) is 0 Å². The van der Waals surface area contributed by atoms with Crippen molar-refractivity contribution in [2.45, 2.75) is 6.92 Å². The van der Waals surface area contributed by atoms with Crippen LogP contribution in [-0.4, -0.2) is 61.9 Å². The minimum atomic E-state index is 0.268. The van der Waals surface area contributed by atoms with Crippen molar-refractivity contribution in [3.05, 3.63) is 23.8 Å². The van der Waals surface area contributed by atoms with Gasteiger partial charge in [0.2, 0.25) is 6.79 Å². The minimum Gasteiger partial charge on any atom is -0.454 e. The van der Waals surface area contributed by atoms with E-state index in [2.05, 4.69) is 20.7 Å². The minimum absolute atomic E-state index is 0.268. The molecule has 2 aliphatic rings. The standard InChI is InChI=1S/C16H22N4O3S/c1-12(13-2-3-14-15(10-13)23-11-22-14)18-19-16(24)17-4-5-20-6-8-21-9-7-20/h2-3,10H,4-9,11H2,1H3,(H2,17,19,24)/b18-12+. The highest BCUT2D eigenvalue weighted by Gasteiger charge is 2.14. The van der Waals surface area contributed by atoms with Gasteiger partial charge in [0.25, 0.3) is 0 Å². The largest absolute Gasteiger partial charge is 0.454 e. The fraction of sp³-hybridized carbons (Fsp3) is 0.500. The van der Waals surface area contributed by atoms with Gasteiger partial charge in [-0.15, -0.1) is 0 Å². The summed E-state index contributed by atoms with van der Waals surface area (Å²) in [6.45, 7) is 7.47. The van der Waals surface area contributed by atoms with Crippen LogP contribution in [0.4, 0.5) is 0 Å². The first-order valence-corrected chi connectivity index (χ1v) is 8.41. The van der Waals surface area contributed by atoms with Crippen molar-refractivity contribution >= 4 is 23.0 Å². The molecule has 0 atom stereocenters. The van der Waals surface area contributed by atoms with Crippen LogP contribution in [0.25, 0.3) is 0 Å². The molecule has 0 aromatic heterocycles. The molecule has 130 valence electrons. The summed E-state index contributed by atoms with van der Waals surface area (Å²) < 4.78 is 16.0. The van der Waals surface area contributed by atoms with Crippen LogP contribution in [0.15, 0.2) is 23.3 Å². The predicted octanol–water partition coefficient (Wildman–Crippen LogP) is 0.936. The summed E-state index contributed by atoms with van der Waals surface area (Å²) in [5.41, 5.74) is 4.67. The molecule has 1 aromatic carbocycles. The quantitative estimate of drug-likeness (QED) is 0.465. The number of nitrogens with zero attached hydrogens (tertiary/aromatic N) is 2. The molecule has 8 heteroatoms. The van der Waals surface area contributed by atoms with E-state index in [4.69, 9.17) is 26.4 Å². The molecule has 0 radical (unpaired) electrons. The Morgan fingerprint density at radius 2 is 2.04 bits per heavy atom. The molecule has 2 N–H and O–H groups in total. The Balaban J connectivity index is 1.43. The Morgan fingerprint density at radius 1 is 1.25 bits per heavy atom. The topological polar surface area (TPSA) is 67.4 Å². The number of hydrogen-bond acceptors (Lipinski definition) is 6. The van der Waals surface area contributed by atoms with Gasteiger partial charge in [-0.25, -0.2) is 0 Å². The summed E-state index contributed by atoms with van der Waals surface area (Å²) >= 11 is 5.25. The number of nitrogens with one attached hydrogen (secondary N) is 2. The number of benzene rings is 1. The second kappa shape index (κ2) is 8.27. The van der Waals surface area contributed by atoms with E-state index in [0.29, 0.717) is 5.11 Å². The van der Waals surface area contributed by atoms with E-state index >= 15 is 0 Å². The zero-order chi connectivity index (χ0) is 16.8. The van der Waals surface area contributed by atoms with Gasteiger partial charge in [0, 0.05) is 31.7 Å². The van der Waals surface area contributed by atoms with Gasteiger partial charge in [0.05, 0.1) is 18.9 Å². The van der Waals surface area contributed by atoms with Crippen molar-refractivity contribution in [1.82, 2.24) is 15.6 Å². The maximum absolute atomic E-state index is 5.38. The molecule has 0 amide bonds. The summed E-state index contributed by atoms with van der Waals surface area (Å²) in [5.74, 6) is 1.51. The molecule has 1 fully saturated rings. The lowest BCUT2D eigenvalue weighted by Crippen LogP contribution is -2.42. The van der Waals surface area contributed by atoms with E-state index in [9.17, 15) is 0 Å². The van der Waals surface area contributed by atoms with Gasteiger partial charge >= 0.3 is 0 Å². The van der Waals surface area contributed by atoms with Gasteiger partial charge in [0.1, 0.15) is 0 Å². The lowest BCUT2D eigenvalue weighted by Gasteiger charge is -2.26. The van der Waals surface area contributed by atoms with E-state index in [1.807, 2.05) is 25.1 Å². The molecular formula is C16H22N4O3S. The third kappa shape index (κ3) is 4.56. The number of fused-ring (bicyclic) bond motifs is 1. The molecule has 0 aliphatic carbocycles. The fourth-order valence-electron chi connectivity index (χ4n) is 2.51. The third-order valence-corrected chi connectivity index (χ3v) is 4.17. The summed E-state index contributed by atoms with van der Waals surface area (Å²) in [7, 11) is 0. The van der Waals surface area contributed by atoms with Gasteiger partial charge < -0.3 is 19.5 Å². The zero-order valence-electron chi connectivity index (χ0n) is 13.7. The molecule has 2 aliphatic heterocycles. The first-order chi connectivity index (χ1) is 11.7. The number of hydrazone groups is 1. The molecule has 0 spiro atoms. The molecule has 0 saturated carbocycles. The molecule has 7 nitrogen and oxygen atoms in total. The number of hydrogen-bond donors (Lipinski definition) is 2. The fourth-order valence-corrected chi connectivity index (χ4v) is 2.66. The third-order valence-electron chi connectivity index (χ3n) is 3.93. The Labute approximate surface area is 146 Å². The smallest absolute Gasteiger partial charge is 0.231 e. The molecule has 1 aromatic rings. The number of morpholine rings is 1. The Kier molecular flexibility index (Phi) is 5.84. The molecular weight excluding hydrogens is 328 g/mol. The molecule has 0 bridgehead atoms. The van der Waals surface area contributed by atoms with Crippen molar-refractivity contribution in [2.75, 3.05) is 46.2 Å². The highest BCUT2D eigenvalue weighted by Crippen LogP contribution is 2.32. The first kappa shape index (κ1) is 16.9. The van der Waals surface area contributed by atoms with Crippen LogP contribution in [0.5, 0.6) is 11.5 Å². The van der Waals surface area contributed by atoms with Gasteiger partial charge in [-0.3, -0.25) is 10.3 Å². The molecule has 24 heavy (non-hydrogen) atoms. The Hall–Kier alpha value is -1.90. The summed E-state index contributed by atoms with van der Waals surface area (Å²) in [6.07, 6.45) is 0. The van der Waals surface area contributed by atoms with Crippen molar-refractivity contribution in [2.24, 2.45) is 5.10 Å². The van der Waals surface area contributed by atoms with Crippen molar-refractivity contribution in [1.29, 1.82) is 0 Å². The van der Waals surface area contributed by atoms with Crippen LogP contribution in [0.1, 0.15) is 12.5 Å². The summed E-state index contributed by atoms with van der Waals surface area (Å²) in [5, 5.41) is 8.00. The van der Waals surface area contributed by atoms with E-state index in [1.54, 1.807) is 0 Å². The number of rotatable bonds is 5. The SMILES string of the molecule is C/C(=N\NC(=S)NCCN1CCOCC1)c1ccc2c(c1)OCO2. The molecule has 3 rings (SSSR count). The lowest BCUT2D eigenvalue weighted by atomic mass is 10.1. The molecule has 0 unspecified atom stereocenters. The van der Waals surface area contributed by atoms with Gasteiger partial charge in [-0.05, 0) is 37.3 Å². The summed E-state index contributed by atoms with van der Waals surface area (Å²) in [6, 6.07) is 5.75. The number of thiocarbonyl (C=S) groups is 1. The Bertz CT molecular complexity index is 617. The second-order valence-electron chi connectivity index (χ2n) is 5.59. The lowest BCUT2D eigenvalue weighted by molar-refractivity contribution is 0.0389. The highest BCUT2D eigenvalue weighted by atomic mass is 32.1. The average Bonchev–Trinajstić information content (AvgIpc) is 3.08. The van der Waals surface area contributed by atoms with Crippen molar-refractivity contribution in [3.8, 4) is 11.5 Å². The average molecular weight is 350 g/mol. The highest BCUT2D eigenvalue weighted by molar-refractivity contribution is 7.80. The van der Waals surface area contributed by atoms with Crippen LogP contribution in [0, 0.1) is 0 Å². The predicted molar refractivity (Wildman–Crippen MR) is 95.8 cm³/mol. The van der Waals surface area contributed by atoms with Crippen LogP contribution in [0.2, 0.25) is 0 Å². The van der Waals surface area contributed by atoms with Crippen molar-refractivity contribution < 1.29 is 14.2 Å². The first-order valence-electron chi connectivity index (χ1n) is 8.00. The van der Waals surface area contributed by atoms with Gasteiger partial charge in [-0.2, -0.15) is 5.10 Å². The van der Waals surface area contributed by atoms with Crippen LogP contribution >= 0.6 is 12.2 Å². The van der Waals surface area contributed by atoms with Crippen LogP contribution in [0.3, 0.4) is 0 Å². The van der Waals surface area contributed by atoms with Crippen LogP contribution in [-0.2, 0) is 4.74 Å². The van der Waals surface area contributed by atoms with Gasteiger partial charge in [0.15, 0.2) is 16.6 Å². The molecule has 2 heterocycles. The van der Waals surface area contributed by atoms with E-state index in [-0.39, 0.29) is 6.79 Å². The maximum atomic E-state index is 5.38. The van der Waals surface area contributed by atoms with E-state index in [0.717, 1.165) is 62.2 Å². The summed E-state index contributed by atoms with van der Waals surface area (Å²) in [4.78, 5) is 2.35. The maximum Gasteiger partial charge on any atom is 0.231 e. The van der Waals surface area contributed by atoms with Crippen molar-refractivity contribution in [3.63, 3.8) is 0 Å².